The van der Waals surface area contributed by atoms with Crippen LogP contribution >= 0.6 is 22.7 Å². The number of hydrogen-bond acceptors (Lipinski definition) is 3. The van der Waals surface area contributed by atoms with E-state index in [4.69, 9.17) is 0 Å². The highest BCUT2D eigenvalue weighted by Gasteiger charge is 2.15. The van der Waals surface area contributed by atoms with Crippen molar-refractivity contribution >= 4 is 32.1 Å². The molecule has 0 saturated heterocycles. The van der Waals surface area contributed by atoms with Gasteiger partial charge in [-0.1, -0.05) is 37.6 Å². The summed E-state index contributed by atoms with van der Waals surface area (Å²) in [7, 11) is 2.05. The van der Waals surface area contributed by atoms with Gasteiger partial charge < -0.3 is 5.32 Å². The van der Waals surface area contributed by atoms with Gasteiger partial charge >= 0.3 is 0 Å². The summed E-state index contributed by atoms with van der Waals surface area (Å²) in [6, 6.07) is 14.0. The maximum absolute atomic E-state index is 3.46. The van der Waals surface area contributed by atoms with Crippen molar-refractivity contribution in [3.63, 3.8) is 0 Å². The second kappa shape index (κ2) is 6.73. The van der Waals surface area contributed by atoms with Crippen LogP contribution < -0.4 is 5.32 Å². The van der Waals surface area contributed by atoms with Crippen molar-refractivity contribution in [2.75, 3.05) is 7.05 Å². The van der Waals surface area contributed by atoms with Crippen LogP contribution in [0.1, 0.15) is 41.8 Å². The quantitative estimate of drug-likeness (QED) is 0.623. The molecule has 0 saturated carbocycles. The van der Waals surface area contributed by atoms with Gasteiger partial charge in [-0.2, -0.15) is 0 Å². The molecule has 0 aliphatic rings. The van der Waals surface area contributed by atoms with E-state index in [1.54, 1.807) is 0 Å². The minimum Gasteiger partial charge on any atom is -0.309 e. The Labute approximate surface area is 134 Å². The van der Waals surface area contributed by atoms with Gasteiger partial charge in [-0.3, -0.25) is 0 Å². The van der Waals surface area contributed by atoms with E-state index in [-0.39, 0.29) is 0 Å². The molecule has 0 radical (unpaired) electrons. The number of benzene rings is 1. The average molecular weight is 316 g/mol. The Balaban J connectivity index is 1.83. The third-order valence-corrected chi connectivity index (χ3v) is 6.02. The molecule has 1 unspecified atom stereocenters. The summed E-state index contributed by atoms with van der Waals surface area (Å²) in [6.07, 6.45) is 3.72. The van der Waals surface area contributed by atoms with E-state index in [1.165, 1.54) is 44.7 Å². The fourth-order valence-corrected chi connectivity index (χ4v) is 4.92. The molecule has 0 amide bonds. The van der Waals surface area contributed by atoms with E-state index in [0.29, 0.717) is 6.04 Å². The molecule has 0 fully saturated rings. The normalized spacial score (nSPS) is 12.9. The molecular formula is C18H21NS2. The predicted molar refractivity (Wildman–Crippen MR) is 95.7 cm³/mol. The van der Waals surface area contributed by atoms with Crippen molar-refractivity contribution in [1.29, 1.82) is 0 Å². The number of rotatable bonds is 6. The zero-order valence-corrected chi connectivity index (χ0v) is 14.2. The Hall–Kier alpha value is -1.16. The Bertz CT molecular complexity index is 665. The summed E-state index contributed by atoms with van der Waals surface area (Å²) in [5.74, 6) is 0. The van der Waals surface area contributed by atoms with Crippen LogP contribution in [0, 0.1) is 0 Å². The molecule has 0 aliphatic heterocycles. The highest BCUT2D eigenvalue weighted by atomic mass is 32.1. The zero-order valence-electron chi connectivity index (χ0n) is 12.6. The Morgan fingerprint density at radius 3 is 2.57 bits per heavy atom. The smallest absolute Gasteiger partial charge is 0.0669 e. The zero-order chi connectivity index (χ0) is 14.7. The van der Waals surface area contributed by atoms with Crippen molar-refractivity contribution in [3.05, 3.63) is 57.8 Å². The molecule has 3 rings (SSSR count). The van der Waals surface area contributed by atoms with E-state index in [0.717, 1.165) is 0 Å². The van der Waals surface area contributed by atoms with Crippen LogP contribution in [-0.2, 0) is 6.42 Å². The molecule has 1 atom stereocenters. The molecule has 2 aromatic heterocycles. The summed E-state index contributed by atoms with van der Waals surface area (Å²) in [4.78, 5) is 1.40. The van der Waals surface area contributed by atoms with E-state index in [1.807, 2.05) is 29.7 Å². The fourth-order valence-electron chi connectivity index (χ4n) is 2.66. The first-order chi connectivity index (χ1) is 10.3. The van der Waals surface area contributed by atoms with Crippen LogP contribution in [0.3, 0.4) is 0 Å². The lowest BCUT2D eigenvalue weighted by molar-refractivity contribution is 0.703. The molecule has 1 aromatic carbocycles. The predicted octanol–water partition coefficient (Wildman–Crippen LogP) is 5.61. The lowest BCUT2D eigenvalue weighted by Crippen LogP contribution is -2.16. The third kappa shape index (κ3) is 3.20. The van der Waals surface area contributed by atoms with Crippen molar-refractivity contribution in [2.45, 2.75) is 32.2 Å². The van der Waals surface area contributed by atoms with Crippen molar-refractivity contribution in [2.24, 2.45) is 0 Å². The van der Waals surface area contributed by atoms with Gasteiger partial charge in [-0.25, -0.2) is 0 Å². The van der Waals surface area contributed by atoms with Crippen molar-refractivity contribution in [3.8, 4) is 0 Å². The Morgan fingerprint density at radius 1 is 1.10 bits per heavy atom. The average Bonchev–Trinajstić information content (AvgIpc) is 3.09. The Kier molecular flexibility index (Phi) is 4.73. The van der Waals surface area contributed by atoms with Crippen LogP contribution in [0.15, 0.2) is 41.8 Å². The molecule has 0 spiro atoms. The second-order valence-electron chi connectivity index (χ2n) is 5.36. The van der Waals surface area contributed by atoms with Gasteiger partial charge in [-0.15, -0.1) is 22.7 Å². The number of unbranched alkanes of at least 4 members (excludes halogenated alkanes) is 1. The molecular weight excluding hydrogens is 294 g/mol. The summed E-state index contributed by atoms with van der Waals surface area (Å²) in [5, 5.41) is 5.63. The minimum absolute atomic E-state index is 0.301. The van der Waals surface area contributed by atoms with Crippen molar-refractivity contribution in [1.82, 2.24) is 5.32 Å². The lowest BCUT2D eigenvalue weighted by Gasteiger charge is -2.15. The summed E-state index contributed by atoms with van der Waals surface area (Å²) < 4.78 is 2.80. The standard InChI is InChI=1S/C18H21NS2/c1-3-4-5-13-6-8-14(9-7-13)18(19-2)17-12-16-15(21-17)10-11-20-16/h6-12,18-19H,3-5H2,1-2H3. The van der Waals surface area contributed by atoms with Gasteiger partial charge in [0.2, 0.25) is 0 Å². The number of thiophene rings is 2. The molecule has 2 heterocycles. The summed E-state index contributed by atoms with van der Waals surface area (Å²) in [5.41, 5.74) is 2.80. The van der Waals surface area contributed by atoms with E-state index < -0.39 is 0 Å². The van der Waals surface area contributed by atoms with Crippen LogP contribution in [0.2, 0.25) is 0 Å². The molecule has 21 heavy (non-hydrogen) atoms. The van der Waals surface area contributed by atoms with E-state index in [9.17, 15) is 0 Å². The largest absolute Gasteiger partial charge is 0.309 e. The maximum Gasteiger partial charge on any atom is 0.0669 e. The van der Waals surface area contributed by atoms with Gasteiger partial charge in [-0.05, 0) is 48.5 Å². The monoisotopic (exact) mass is 315 g/mol. The fraction of sp³-hybridized carbons (Fsp3) is 0.333. The third-order valence-electron chi connectivity index (χ3n) is 3.86. The van der Waals surface area contributed by atoms with Gasteiger partial charge in [0, 0.05) is 14.3 Å². The first kappa shape index (κ1) is 14.8. The first-order valence-electron chi connectivity index (χ1n) is 7.55. The molecule has 110 valence electrons. The topological polar surface area (TPSA) is 12.0 Å². The van der Waals surface area contributed by atoms with E-state index >= 15 is 0 Å². The molecule has 3 aromatic rings. The van der Waals surface area contributed by atoms with Crippen LogP contribution in [0.5, 0.6) is 0 Å². The number of fused-ring (bicyclic) bond motifs is 1. The van der Waals surface area contributed by atoms with Crippen LogP contribution in [-0.4, -0.2) is 7.05 Å². The Morgan fingerprint density at radius 2 is 1.90 bits per heavy atom. The molecule has 1 nitrogen and oxygen atoms in total. The highest BCUT2D eigenvalue weighted by molar-refractivity contribution is 7.27. The number of hydrogen-bond donors (Lipinski definition) is 1. The van der Waals surface area contributed by atoms with Gasteiger partial charge in [0.1, 0.15) is 0 Å². The van der Waals surface area contributed by atoms with Gasteiger partial charge in [0.15, 0.2) is 0 Å². The first-order valence-corrected chi connectivity index (χ1v) is 9.24. The van der Waals surface area contributed by atoms with Gasteiger partial charge in [0.05, 0.1) is 6.04 Å². The van der Waals surface area contributed by atoms with Gasteiger partial charge in [0.25, 0.3) is 0 Å². The SMILES string of the molecule is CCCCc1ccc(C(NC)c2cc3sccc3s2)cc1. The second-order valence-corrected chi connectivity index (χ2v) is 7.43. The summed E-state index contributed by atoms with van der Waals surface area (Å²) >= 11 is 3.72. The van der Waals surface area contributed by atoms with Crippen LogP contribution in [0.25, 0.3) is 9.40 Å². The molecule has 3 heteroatoms. The highest BCUT2D eigenvalue weighted by Crippen LogP contribution is 2.35. The van der Waals surface area contributed by atoms with Crippen molar-refractivity contribution < 1.29 is 0 Å². The lowest BCUT2D eigenvalue weighted by atomic mass is 10.0. The molecule has 1 N–H and O–H groups in total. The number of aryl methyl sites for hydroxylation is 1. The molecule has 0 bridgehead atoms. The number of nitrogens with one attached hydrogen (secondary N) is 1. The van der Waals surface area contributed by atoms with E-state index in [2.05, 4.69) is 54.0 Å². The molecule has 0 aliphatic carbocycles. The maximum atomic E-state index is 3.46. The van der Waals surface area contributed by atoms with Crippen LogP contribution in [0.4, 0.5) is 0 Å². The minimum atomic E-state index is 0.301. The summed E-state index contributed by atoms with van der Waals surface area (Å²) in [6.45, 7) is 2.24.